The van der Waals surface area contributed by atoms with Gasteiger partial charge in [0.15, 0.2) is 0 Å². The summed E-state index contributed by atoms with van der Waals surface area (Å²) in [6, 6.07) is 9.22. The number of aromatic nitrogens is 2. The number of fused-ring (bicyclic) bond motifs is 2. The van der Waals surface area contributed by atoms with Crippen molar-refractivity contribution in [1.29, 1.82) is 0 Å². The maximum absolute atomic E-state index is 11.5. The third kappa shape index (κ3) is 5.61. The van der Waals surface area contributed by atoms with Crippen LogP contribution in [0.5, 0.6) is 0 Å². The quantitative estimate of drug-likeness (QED) is 0.797. The van der Waals surface area contributed by atoms with Gasteiger partial charge in [0.25, 0.3) is 5.91 Å². The van der Waals surface area contributed by atoms with E-state index in [9.17, 15) is 4.79 Å². The summed E-state index contributed by atoms with van der Waals surface area (Å²) in [5, 5.41) is 6.83. The number of carbonyl (C=O) groups excluding carboxylic acids is 1. The molecule has 0 saturated carbocycles. The molecule has 0 unspecified atom stereocenters. The van der Waals surface area contributed by atoms with Crippen molar-refractivity contribution in [2.45, 2.75) is 47.1 Å². The first-order chi connectivity index (χ1) is 12.3. The van der Waals surface area contributed by atoms with E-state index in [1.54, 1.807) is 11.0 Å². The van der Waals surface area contributed by atoms with Crippen molar-refractivity contribution in [3.8, 4) is 0 Å². The number of nitrogens with zero attached hydrogens (tertiary/aromatic N) is 2. The van der Waals surface area contributed by atoms with Gasteiger partial charge in [-0.3, -0.25) is 9.89 Å². The van der Waals surface area contributed by atoms with Crippen LogP contribution in [0, 0.1) is 12.1 Å². The smallest absolute Gasteiger partial charge is 0.254 e. The van der Waals surface area contributed by atoms with Crippen molar-refractivity contribution >= 4 is 5.91 Å². The summed E-state index contributed by atoms with van der Waals surface area (Å²) < 4.78 is 5.19. The first-order valence-corrected chi connectivity index (χ1v) is 9.00. The van der Waals surface area contributed by atoms with E-state index in [0.717, 1.165) is 43.7 Å². The van der Waals surface area contributed by atoms with Crippen LogP contribution in [0.3, 0.4) is 0 Å². The van der Waals surface area contributed by atoms with Crippen LogP contribution in [0.2, 0.25) is 0 Å². The number of hydrogen-bond donors (Lipinski definition) is 1. The molecular weight excluding hydrogens is 314 g/mol. The Kier molecular flexibility index (Phi) is 9.34. The van der Waals surface area contributed by atoms with Gasteiger partial charge in [-0.1, -0.05) is 39.8 Å². The van der Waals surface area contributed by atoms with E-state index in [1.807, 2.05) is 47.0 Å². The van der Waals surface area contributed by atoms with Crippen LogP contribution in [0.25, 0.3) is 0 Å². The average Bonchev–Trinajstić information content (AvgIpc) is 3.18. The van der Waals surface area contributed by atoms with E-state index >= 15 is 0 Å². The van der Waals surface area contributed by atoms with Crippen LogP contribution in [0.15, 0.2) is 18.3 Å². The lowest BCUT2D eigenvalue weighted by Crippen LogP contribution is -2.33. The average molecular weight is 343 g/mol. The standard InChI is InChI=1S/C10H9NO.C6H8N2O.2C2H6/c1-11-7-6-8-4-2-3-5-9(8)10(11)12;1-2-9-4-5-3-7-8-6(1)5;2*1-2/h4-5H,6-7H2,1H3;3H,1-2,4H2,(H,7,8);2*1-2H3. The normalized spacial score (nSPS) is 14.1. The number of carbonyl (C=O) groups is 1. The fraction of sp³-hybridized carbons (Fsp3) is 0.500. The monoisotopic (exact) mass is 343 g/mol. The van der Waals surface area contributed by atoms with Crippen molar-refractivity contribution < 1.29 is 9.53 Å². The zero-order chi connectivity index (χ0) is 18.7. The number of likely N-dealkylation sites (N-methyl/N-ethyl adjacent to an activating group) is 1. The van der Waals surface area contributed by atoms with E-state index in [2.05, 4.69) is 22.3 Å². The molecule has 1 aromatic heterocycles. The summed E-state index contributed by atoms with van der Waals surface area (Å²) in [6.45, 7) is 10.4. The highest BCUT2D eigenvalue weighted by Crippen LogP contribution is 2.15. The molecule has 5 heteroatoms. The van der Waals surface area contributed by atoms with Gasteiger partial charge in [-0.2, -0.15) is 5.10 Å². The largest absolute Gasteiger partial charge is 0.376 e. The summed E-state index contributed by atoms with van der Waals surface area (Å²) >= 11 is 0. The van der Waals surface area contributed by atoms with Gasteiger partial charge >= 0.3 is 0 Å². The lowest BCUT2D eigenvalue weighted by molar-refractivity contribution is 0.0781. The topological polar surface area (TPSA) is 58.2 Å². The van der Waals surface area contributed by atoms with Crippen molar-refractivity contribution in [1.82, 2.24) is 15.1 Å². The number of amides is 1. The van der Waals surface area contributed by atoms with E-state index in [-0.39, 0.29) is 5.91 Å². The van der Waals surface area contributed by atoms with Gasteiger partial charge in [-0.15, -0.1) is 0 Å². The highest BCUT2D eigenvalue weighted by molar-refractivity contribution is 5.96. The molecule has 1 aromatic carbocycles. The zero-order valence-corrected chi connectivity index (χ0v) is 16.0. The van der Waals surface area contributed by atoms with Gasteiger partial charge in [-0.05, 0) is 18.1 Å². The molecule has 0 fully saturated rings. The minimum absolute atomic E-state index is 0.0986. The Bertz CT molecular complexity index is 617. The van der Waals surface area contributed by atoms with E-state index in [4.69, 9.17) is 4.74 Å². The van der Waals surface area contributed by atoms with Gasteiger partial charge in [0.1, 0.15) is 0 Å². The predicted molar refractivity (Wildman–Crippen MR) is 99.4 cm³/mol. The molecule has 1 amide bonds. The van der Waals surface area contributed by atoms with Crippen molar-refractivity contribution in [2.75, 3.05) is 20.2 Å². The van der Waals surface area contributed by atoms with Crippen LogP contribution in [0.4, 0.5) is 0 Å². The summed E-state index contributed by atoms with van der Waals surface area (Å²) in [4.78, 5) is 13.2. The van der Waals surface area contributed by atoms with Gasteiger partial charge in [0.05, 0.1) is 25.0 Å². The van der Waals surface area contributed by atoms with Gasteiger partial charge in [-0.25, -0.2) is 0 Å². The lowest BCUT2D eigenvalue weighted by Gasteiger charge is -2.23. The van der Waals surface area contributed by atoms with Crippen LogP contribution >= 0.6 is 0 Å². The Hall–Kier alpha value is -2.32. The van der Waals surface area contributed by atoms with Crippen LogP contribution < -0.4 is 0 Å². The zero-order valence-electron chi connectivity index (χ0n) is 16.0. The van der Waals surface area contributed by atoms with Crippen molar-refractivity contribution in [3.63, 3.8) is 0 Å². The molecule has 2 aliphatic heterocycles. The molecule has 0 bridgehead atoms. The Morgan fingerprint density at radius 1 is 1.12 bits per heavy atom. The molecule has 5 nitrogen and oxygen atoms in total. The second-order valence-corrected chi connectivity index (χ2v) is 5.17. The Balaban J connectivity index is 0.000000214. The highest BCUT2D eigenvalue weighted by atomic mass is 16.5. The second kappa shape index (κ2) is 11.3. The predicted octanol–water partition coefficient (Wildman–Crippen LogP) is 3.45. The fourth-order valence-electron chi connectivity index (χ4n) is 2.45. The first-order valence-electron chi connectivity index (χ1n) is 9.00. The molecule has 4 rings (SSSR count). The summed E-state index contributed by atoms with van der Waals surface area (Å²) in [5.41, 5.74) is 4.32. The molecule has 2 aromatic rings. The molecule has 3 heterocycles. The number of nitrogens with one attached hydrogen (secondary N) is 1. The molecule has 0 saturated heterocycles. The minimum atomic E-state index is 0.0986. The molecule has 0 radical (unpaired) electrons. The number of aromatic amines is 1. The highest BCUT2D eigenvalue weighted by Gasteiger charge is 2.20. The number of ether oxygens (including phenoxy) is 1. The minimum Gasteiger partial charge on any atom is -0.376 e. The summed E-state index contributed by atoms with van der Waals surface area (Å²) in [5.74, 6) is 0.0986. The molecule has 1 N–H and O–H groups in total. The number of rotatable bonds is 0. The van der Waals surface area contributed by atoms with Gasteiger partial charge in [0.2, 0.25) is 0 Å². The van der Waals surface area contributed by atoms with Crippen LogP contribution in [0.1, 0.15) is 54.9 Å². The summed E-state index contributed by atoms with van der Waals surface area (Å²) in [6.07, 6.45) is 3.74. The second-order valence-electron chi connectivity index (χ2n) is 5.17. The lowest BCUT2D eigenvalue weighted by atomic mass is 10.0. The van der Waals surface area contributed by atoms with E-state index in [0.29, 0.717) is 0 Å². The molecule has 0 aliphatic carbocycles. The Morgan fingerprint density at radius 2 is 1.84 bits per heavy atom. The van der Waals surface area contributed by atoms with E-state index in [1.165, 1.54) is 11.3 Å². The third-order valence-corrected chi connectivity index (χ3v) is 3.75. The molecule has 25 heavy (non-hydrogen) atoms. The van der Waals surface area contributed by atoms with Crippen molar-refractivity contribution in [2.24, 2.45) is 0 Å². The van der Waals surface area contributed by atoms with Crippen LogP contribution in [-0.4, -0.2) is 41.2 Å². The molecule has 136 valence electrons. The Labute approximate surface area is 151 Å². The fourth-order valence-corrected chi connectivity index (χ4v) is 2.45. The molecular formula is C20H29N3O2. The SMILES string of the molecule is CC.CC.CN1CCc2cc#ccc2C1=O.c1n[nH]c2c1COCC2. The third-order valence-electron chi connectivity index (χ3n) is 3.75. The number of H-pyrrole nitrogens is 1. The molecule has 0 atom stereocenters. The van der Waals surface area contributed by atoms with Gasteiger partial charge in [0, 0.05) is 37.3 Å². The maximum Gasteiger partial charge on any atom is 0.254 e. The van der Waals surface area contributed by atoms with Crippen molar-refractivity contribution in [3.05, 3.63) is 52.8 Å². The first kappa shape index (κ1) is 20.7. The molecule has 2 aliphatic rings. The maximum atomic E-state index is 11.5. The Morgan fingerprint density at radius 3 is 2.56 bits per heavy atom. The van der Waals surface area contributed by atoms with E-state index < -0.39 is 0 Å². The summed E-state index contributed by atoms with van der Waals surface area (Å²) in [7, 11) is 1.82. The number of hydrogen-bond acceptors (Lipinski definition) is 3. The molecule has 0 spiro atoms. The van der Waals surface area contributed by atoms with Gasteiger partial charge < -0.3 is 9.64 Å². The van der Waals surface area contributed by atoms with Crippen LogP contribution in [-0.2, 0) is 24.2 Å².